The van der Waals surface area contributed by atoms with Crippen LogP contribution in [0.25, 0.3) is 10.2 Å². The Morgan fingerprint density at radius 3 is 3.00 bits per heavy atom. The molecule has 3 aromatic rings. The van der Waals surface area contributed by atoms with Gasteiger partial charge in [-0.2, -0.15) is 5.10 Å². The van der Waals surface area contributed by atoms with Gasteiger partial charge in [0.25, 0.3) is 5.91 Å². The van der Waals surface area contributed by atoms with Crippen LogP contribution in [0.1, 0.15) is 10.4 Å². The van der Waals surface area contributed by atoms with E-state index < -0.39 is 0 Å². The van der Waals surface area contributed by atoms with E-state index in [9.17, 15) is 4.79 Å². The van der Waals surface area contributed by atoms with E-state index in [0.717, 1.165) is 10.2 Å². The Hall–Kier alpha value is -2.21. The highest BCUT2D eigenvalue weighted by atomic mass is 32.1. The second-order valence-corrected chi connectivity index (χ2v) is 4.46. The lowest BCUT2D eigenvalue weighted by Gasteiger charge is -1.96. The van der Waals surface area contributed by atoms with Crippen molar-refractivity contribution in [3.05, 3.63) is 42.2 Å². The molecular weight excluding hydrogens is 236 g/mol. The van der Waals surface area contributed by atoms with Crippen molar-refractivity contribution in [2.24, 2.45) is 0 Å². The molecule has 84 valence electrons. The standard InChI is InChI=1S/C11H8N4OS/c16-10(7-5-12-13-6-7)15-11-14-8-3-1-2-4-9(8)17-11/h1-6H,(H,12,13)(H,14,15,16). The summed E-state index contributed by atoms with van der Waals surface area (Å²) in [5.41, 5.74) is 1.38. The summed E-state index contributed by atoms with van der Waals surface area (Å²) in [6.45, 7) is 0. The Morgan fingerprint density at radius 2 is 2.24 bits per heavy atom. The topological polar surface area (TPSA) is 70.7 Å². The van der Waals surface area contributed by atoms with Gasteiger partial charge in [-0.15, -0.1) is 0 Å². The van der Waals surface area contributed by atoms with E-state index >= 15 is 0 Å². The van der Waals surface area contributed by atoms with Crippen molar-refractivity contribution < 1.29 is 4.79 Å². The molecule has 1 amide bonds. The summed E-state index contributed by atoms with van der Waals surface area (Å²) in [4.78, 5) is 16.1. The smallest absolute Gasteiger partial charge is 0.260 e. The highest BCUT2D eigenvalue weighted by Gasteiger charge is 2.10. The third-order valence-electron chi connectivity index (χ3n) is 2.27. The van der Waals surface area contributed by atoms with Gasteiger partial charge in [0.1, 0.15) is 0 Å². The zero-order valence-corrected chi connectivity index (χ0v) is 9.49. The summed E-state index contributed by atoms with van der Waals surface area (Å²) >= 11 is 1.45. The number of nitrogens with zero attached hydrogens (tertiary/aromatic N) is 2. The van der Waals surface area contributed by atoms with Crippen molar-refractivity contribution in [1.82, 2.24) is 15.2 Å². The largest absolute Gasteiger partial charge is 0.298 e. The van der Waals surface area contributed by atoms with E-state index in [0.29, 0.717) is 10.7 Å². The molecule has 0 atom stereocenters. The average molecular weight is 244 g/mol. The fraction of sp³-hybridized carbons (Fsp3) is 0. The first-order valence-corrected chi connectivity index (χ1v) is 5.80. The van der Waals surface area contributed by atoms with Gasteiger partial charge < -0.3 is 0 Å². The van der Waals surface area contributed by atoms with Crippen LogP contribution in [0.15, 0.2) is 36.7 Å². The Kier molecular flexibility index (Phi) is 2.34. The molecule has 2 heterocycles. The lowest BCUT2D eigenvalue weighted by atomic mass is 10.3. The maximum atomic E-state index is 11.7. The minimum absolute atomic E-state index is 0.210. The first-order valence-electron chi connectivity index (χ1n) is 4.98. The number of fused-ring (bicyclic) bond motifs is 1. The minimum atomic E-state index is -0.210. The number of amides is 1. The number of nitrogens with one attached hydrogen (secondary N) is 2. The number of anilines is 1. The van der Waals surface area contributed by atoms with E-state index in [4.69, 9.17) is 0 Å². The highest BCUT2D eigenvalue weighted by Crippen LogP contribution is 2.25. The molecule has 17 heavy (non-hydrogen) atoms. The van der Waals surface area contributed by atoms with E-state index in [2.05, 4.69) is 20.5 Å². The van der Waals surface area contributed by atoms with Gasteiger partial charge in [-0.25, -0.2) is 4.98 Å². The zero-order chi connectivity index (χ0) is 11.7. The van der Waals surface area contributed by atoms with Gasteiger partial charge in [-0.3, -0.25) is 15.2 Å². The summed E-state index contributed by atoms with van der Waals surface area (Å²) in [6.07, 6.45) is 3.02. The quantitative estimate of drug-likeness (QED) is 0.726. The molecule has 1 aromatic carbocycles. The van der Waals surface area contributed by atoms with Crippen molar-refractivity contribution in [3.63, 3.8) is 0 Å². The number of carbonyl (C=O) groups is 1. The molecule has 0 spiro atoms. The second kappa shape index (κ2) is 3.99. The molecule has 0 aliphatic heterocycles. The van der Waals surface area contributed by atoms with Crippen LogP contribution in [-0.2, 0) is 0 Å². The van der Waals surface area contributed by atoms with Crippen molar-refractivity contribution in [1.29, 1.82) is 0 Å². The van der Waals surface area contributed by atoms with Crippen molar-refractivity contribution in [2.45, 2.75) is 0 Å². The maximum absolute atomic E-state index is 11.7. The van der Waals surface area contributed by atoms with E-state index in [-0.39, 0.29) is 5.91 Å². The number of benzene rings is 1. The predicted molar refractivity (Wildman–Crippen MR) is 66.2 cm³/mol. The Balaban J connectivity index is 1.88. The Bertz CT molecular complexity index is 626. The van der Waals surface area contributed by atoms with Crippen LogP contribution in [0, 0.1) is 0 Å². The number of carbonyl (C=O) groups excluding carboxylic acids is 1. The Labute approximate surface area is 101 Å². The van der Waals surface area contributed by atoms with Crippen molar-refractivity contribution in [3.8, 4) is 0 Å². The molecule has 6 heteroatoms. The summed E-state index contributed by atoms with van der Waals surface area (Å²) in [7, 11) is 0. The van der Waals surface area contributed by atoms with Crippen LogP contribution in [0.5, 0.6) is 0 Å². The third-order valence-corrected chi connectivity index (χ3v) is 3.23. The molecule has 0 saturated carbocycles. The molecule has 0 aliphatic carbocycles. The number of hydrogen-bond donors (Lipinski definition) is 2. The normalized spacial score (nSPS) is 10.6. The molecule has 0 unspecified atom stereocenters. The van der Waals surface area contributed by atoms with Gasteiger partial charge in [-0.05, 0) is 12.1 Å². The molecule has 0 bridgehead atoms. The summed E-state index contributed by atoms with van der Waals surface area (Å²) in [6, 6.07) is 7.76. The highest BCUT2D eigenvalue weighted by molar-refractivity contribution is 7.22. The average Bonchev–Trinajstić information content (AvgIpc) is 2.97. The summed E-state index contributed by atoms with van der Waals surface area (Å²) in [5.74, 6) is -0.210. The number of aromatic amines is 1. The molecule has 0 radical (unpaired) electrons. The molecule has 5 nitrogen and oxygen atoms in total. The van der Waals surface area contributed by atoms with Gasteiger partial charge >= 0.3 is 0 Å². The van der Waals surface area contributed by atoms with Crippen LogP contribution in [-0.4, -0.2) is 21.1 Å². The molecule has 2 aromatic heterocycles. The predicted octanol–water partition coefficient (Wildman–Crippen LogP) is 2.27. The summed E-state index contributed by atoms with van der Waals surface area (Å²) in [5, 5.41) is 9.66. The molecular formula is C11H8N4OS. The van der Waals surface area contributed by atoms with Crippen LogP contribution < -0.4 is 5.32 Å². The third kappa shape index (κ3) is 1.90. The van der Waals surface area contributed by atoms with Gasteiger partial charge in [0.15, 0.2) is 5.13 Å². The van der Waals surface area contributed by atoms with Crippen LogP contribution in [0.2, 0.25) is 0 Å². The van der Waals surface area contributed by atoms with E-state index in [1.165, 1.54) is 17.5 Å². The molecule has 2 N–H and O–H groups in total. The molecule has 0 aliphatic rings. The molecule has 3 rings (SSSR count). The van der Waals surface area contributed by atoms with Crippen LogP contribution in [0.4, 0.5) is 5.13 Å². The number of hydrogen-bond acceptors (Lipinski definition) is 4. The first kappa shape index (κ1) is 9.98. The van der Waals surface area contributed by atoms with Crippen molar-refractivity contribution >= 4 is 32.6 Å². The lowest BCUT2D eigenvalue weighted by Crippen LogP contribution is -2.10. The van der Waals surface area contributed by atoms with Crippen molar-refractivity contribution in [2.75, 3.05) is 5.32 Å². The van der Waals surface area contributed by atoms with E-state index in [1.807, 2.05) is 24.3 Å². The van der Waals surface area contributed by atoms with E-state index in [1.54, 1.807) is 6.20 Å². The summed E-state index contributed by atoms with van der Waals surface area (Å²) < 4.78 is 1.05. The maximum Gasteiger partial charge on any atom is 0.260 e. The minimum Gasteiger partial charge on any atom is -0.298 e. The number of para-hydroxylation sites is 1. The first-order chi connectivity index (χ1) is 8.33. The van der Waals surface area contributed by atoms with Gasteiger partial charge in [0.05, 0.1) is 22.0 Å². The van der Waals surface area contributed by atoms with Crippen LogP contribution >= 0.6 is 11.3 Å². The monoisotopic (exact) mass is 244 g/mol. The lowest BCUT2D eigenvalue weighted by molar-refractivity contribution is 0.102. The molecule has 0 saturated heterocycles. The fourth-order valence-corrected chi connectivity index (χ4v) is 2.33. The van der Waals surface area contributed by atoms with Gasteiger partial charge in [-0.1, -0.05) is 23.5 Å². The number of H-pyrrole nitrogens is 1. The van der Waals surface area contributed by atoms with Crippen LogP contribution in [0.3, 0.4) is 0 Å². The second-order valence-electron chi connectivity index (χ2n) is 3.43. The zero-order valence-electron chi connectivity index (χ0n) is 8.68. The number of thiazole rings is 1. The van der Waals surface area contributed by atoms with Gasteiger partial charge in [0.2, 0.25) is 0 Å². The fourth-order valence-electron chi connectivity index (χ4n) is 1.47. The van der Waals surface area contributed by atoms with Gasteiger partial charge in [0, 0.05) is 6.20 Å². The number of rotatable bonds is 2. The SMILES string of the molecule is O=C(Nc1nc2ccccc2s1)c1cn[nH]c1. The molecule has 0 fully saturated rings. The Morgan fingerprint density at radius 1 is 1.35 bits per heavy atom. The number of aromatic nitrogens is 3.